The quantitative estimate of drug-likeness (QED) is 0.659. The van der Waals surface area contributed by atoms with Crippen LogP contribution in [0.4, 0.5) is 0 Å². The first kappa shape index (κ1) is 12.8. The van der Waals surface area contributed by atoms with Crippen LogP contribution in [0.1, 0.15) is 23.7 Å². The zero-order valence-electron chi connectivity index (χ0n) is 8.83. The minimum absolute atomic E-state index is 0.0372. The molecule has 0 aliphatic heterocycles. The highest BCUT2D eigenvalue weighted by molar-refractivity contribution is 14.1. The molecule has 1 rings (SSSR count). The number of aromatic hydroxyl groups is 1. The van der Waals surface area contributed by atoms with E-state index in [1.165, 1.54) is 6.07 Å². The normalized spacial score (nSPS) is 11.6. The highest BCUT2D eigenvalue weighted by Gasteiger charge is 2.14. The fourth-order valence-electron chi connectivity index (χ4n) is 1.19. The molecule has 0 aliphatic carbocycles. The van der Waals surface area contributed by atoms with Gasteiger partial charge >= 0.3 is 0 Å². The molecule has 1 atom stereocenters. The number of rotatable bonds is 3. The van der Waals surface area contributed by atoms with E-state index in [1.54, 1.807) is 12.1 Å². The second-order valence-corrected chi connectivity index (χ2v) is 4.51. The van der Waals surface area contributed by atoms with Gasteiger partial charge in [-0.2, -0.15) is 0 Å². The van der Waals surface area contributed by atoms with Gasteiger partial charge in [0.1, 0.15) is 5.75 Å². The second kappa shape index (κ2) is 5.75. The SMILES string of the molecule is C#CC(CC)NC(=O)c1cc(I)ccc1O. The lowest BCUT2D eigenvalue weighted by Gasteiger charge is -2.11. The first-order chi connectivity index (χ1) is 7.58. The number of benzene rings is 1. The Kier molecular flexibility index (Phi) is 4.62. The summed E-state index contributed by atoms with van der Waals surface area (Å²) in [6, 6.07) is 4.54. The molecule has 1 aromatic rings. The van der Waals surface area contributed by atoms with Crippen LogP contribution in [0.2, 0.25) is 0 Å². The Labute approximate surface area is 108 Å². The monoisotopic (exact) mass is 329 g/mol. The number of hydrogen-bond acceptors (Lipinski definition) is 2. The van der Waals surface area contributed by atoms with Gasteiger partial charge in [0.15, 0.2) is 0 Å². The molecule has 0 aliphatic rings. The van der Waals surface area contributed by atoms with E-state index in [9.17, 15) is 9.90 Å². The number of terminal acetylenes is 1. The van der Waals surface area contributed by atoms with Gasteiger partial charge < -0.3 is 10.4 Å². The molecule has 1 unspecified atom stereocenters. The van der Waals surface area contributed by atoms with Crippen molar-refractivity contribution >= 4 is 28.5 Å². The van der Waals surface area contributed by atoms with Crippen molar-refractivity contribution in [2.24, 2.45) is 0 Å². The number of hydrogen-bond donors (Lipinski definition) is 2. The third-order valence-corrected chi connectivity index (χ3v) is 2.79. The van der Waals surface area contributed by atoms with Crippen molar-refractivity contribution in [1.82, 2.24) is 5.32 Å². The molecule has 0 bridgehead atoms. The second-order valence-electron chi connectivity index (χ2n) is 3.26. The topological polar surface area (TPSA) is 49.3 Å². The van der Waals surface area contributed by atoms with E-state index >= 15 is 0 Å². The molecule has 0 saturated carbocycles. The first-order valence-corrected chi connectivity index (χ1v) is 5.91. The smallest absolute Gasteiger partial charge is 0.256 e. The molecule has 0 aromatic heterocycles. The number of phenolic OH excluding ortho intramolecular Hbond substituents is 1. The maximum Gasteiger partial charge on any atom is 0.256 e. The van der Waals surface area contributed by atoms with Crippen LogP contribution in [0, 0.1) is 15.9 Å². The van der Waals surface area contributed by atoms with E-state index in [0.29, 0.717) is 6.42 Å². The Bertz CT molecular complexity index is 437. The predicted octanol–water partition coefficient (Wildman–Crippen LogP) is 2.14. The van der Waals surface area contributed by atoms with Gasteiger partial charge in [0.05, 0.1) is 11.6 Å². The molecule has 1 aromatic carbocycles. The standard InChI is InChI=1S/C12H12INO2/c1-3-9(4-2)14-12(16)10-7-8(13)5-6-11(10)15/h1,5-7,9,15H,4H2,2H3,(H,14,16). The molecule has 0 spiro atoms. The fourth-order valence-corrected chi connectivity index (χ4v) is 1.68. The van der Waals surface area contributed by atoms with Crippen LogP contribution in [0.5, 0.6) is 5.75 Å². The van der Waals surface area contributed by atoms with Gasteiger partial charge in [-0.15, -0.1) is 6.42 Å². The summed E-state index contributed by atoms with van der Waals surface area (Å²) < 4.78 is 0.884. The van der Waals surface area contributed by atoms with Gasteiger partial charge in [0.2, 0.25) is 0 Å². The fraction of sp³-hybridized carbons (Fsp3) is 0.250. The molecule has 0 radical (unpaired) electrons. The maximum absolute atomic E-state index is 11.8. The van der Waals surface area contributed by atoms with Crippen molar-refractivity contribution in [3.63, 3.8) is 0 Å². The van der Waals surface area contributed by atoms with E-state index in [-0.39, 0.29) is 23.3 Å². The van der Waals surface area contributed by atoms with Crippen LogP contribution in [0.3, 0.4) is 0 Å². The van der Waals surface area contributed by atoms with E-state index < -0.39 is 0 Å². The van der Waals surface area contributed by atoms with Crippen molar-refractivity contribution in [1.29, 1.82) is 0 Å². The van der Waals surface area contributed by atoms with Crippen molar-refractivity contribution in [3.8, 4) is 18.1 Å². The number of carbonyl (C=O) groups is 1. The molecule has 84 valence electrons. The molecule has 1 amide bonds. The Morgan fingerprint density at radius 2 is 2.38 bits per heavy atom. The van der Waals surface area contributed by atoms with Crippen LogP contribution < -0.4 is 5.32 Å². The van der Waals surface area contributed by atoms with Crippen molar-refractivity contribution in [2.75, 3.05) is 0 Å². The van der Waals surface area contributed by atoms with Crippen LogP contribution in [-0.4, -0.2) is 17.1 Å². The lowest BCUT2D eigenvalue weighted by Crippen LogP contribution is -2.33. The summed E-state index contributed by atoms with van der Waals surface area (Å²) >= 11 is 2.08. The van der Waals surface area contributed by atoms with Gasteiger partial charge in [0, 0.05) is 3.57 Å². The van der Waals surface area contributed by atoms with Gasteiger partial charge in [-0.1, -0.05) is 12.8 Å². The predicted molar refractivity (Wildman–Crippen MR) is 71.2 cm³/mol. The van der Waals surface area contributed by atoms with Gasteiger partial charge in [0.25, 0.3) is 5.91 Å². The minimum atomic E-state index is -0.346. The summed E-state index contributed by atoms with van der Waals surface area (Å²) in [7, 11) is 0. The molecule has 0 fully saturated rings. The Morgan fingerprint density at radius 3 is 2.94 bits per heavy atom. The number of phenols is 1. The minimum Gasteiger partial charge on any atom is -0.507 e. The number of halogens is 1. The van der Waals surface area contributed by atoms with Crippen LogP contribution in [0.25, 0.3) is 0 Å². The zero-order chi connectivity index (χ0) is 12.1. The molecule has 0 saturated heterocycles. The summed E-state index contributed by atoms with van der Waals surface area (Å²) in [4.78, 5) is 11.8. The molecule has 0 heterocycles. The highest BCUT2D eigenvalue weighted by Crippen LogP contribution is 2.19. The average molecular weight is 329 g/mol. The lowest BCUT2D eigenvalue weighted by atomic mass is 10.1. The van der Waals surface area contributed by atoms with E-state index in [1.807, 2.05) is 6.92 Å². The summed E-state index contributed by atoms with van der Waals surface area (Å²) in [6.45, 7) is 1.89. The van der Waals surface area contributed by atoms with E-state index in [2.05, 4.69) is 33.8 Å². The summed E-state index contributed by atoms with van der Waals surface area (Å²) in [6.07, 6.45) is 5.91. The Balaban J connectivity index is 2.89. The molecule has 3 nitrogen and oxygen atoms in total. The van der Waals surface area contributed by atoms with Crippen LogP contribution in [0.15, 0.2) is 18.2 Å². The van der Waals surface area contributed by atoms with Crippen molar-refractivity contribution in [2.45, 2.75) is 19.4 Å². The Morgan fingerprint density at radius 1 is 1.69 bits per heavy atom. The van der Waals surface area contributed by atoms with E-state index in [4.69, 9.17) is 6.42 Å². The van der Waals surface area contributed by atoms with Crippen LogP contribution in [-0.2, 0) is 0 Å². The zero-order valence-corrected chi connectivity index (χ0v) is 11.0. The third-order valence-electron chi connectivity index (χ3n) is 2.12. The first-order valence-electron chi connectivity index (χ1n) is 4.84. The summed E-state index contributed by atoms with van der Waals surface area (Å²) in [5.74, 6) is 2.09. The maximum atomic E-state index is 11.8. The van der Waals surface area contributed by atoms with Gasteiger partial charge in [-0.3, -0.25) is 4.79 Å². The third kappa shape index (κ3) is 3.14. The number of carbonyl (C=O) groups excluding carboxylic acids is 1. The summed E-state index contributed by atoms with van der Waals surface area (Å²) in [5.41, 5.74) is 0.251. The number of amides is 1. The van der Waals surface area contributed by atoms with Crippen molar-refractivity contribution < 1.29 is 9.90 Å². The Hall–Kier alpha value is -1.22. The molecular weight excluding hydrogens is 317 g/mol. The van der Waals surface area contributed by atoms with Crippen LogP contribution >= 0.6 is 22.6 Å². The molecule has 2 N–H and O–H groups in total. The molecular formula is C12H12INO2. The molecule has 4 heteroatoms. The van der Waals surface area contributed by atoms with Gasteiger partial charge in [-0.05, 0) is 47.2 Å². The highest BCUT2D eigenvalue weighted by atomic mass is 127. The van der Waals surface area contributed by atoms with E-state index in [0.717, 1.165) is 3.57 Å². The van der Waals surface area contributed by atoms with Gasteiger partial charge in [-0.25, -0.2) is 0 Å². The average Bonchev–Trinajstić information content (AvgIpc) is 2.28. The number of nitrogens with one attached hydrogen (secondary N) is 1. The molecule has 16 heavy (non-hydrogen) atoms. The van der Waals surface area contributed by atoms with Crippen molar-refractivity contribution in [3.05, 3.63) is 27.3 Å². The summed E-state index contributed by atoms with van der Waals surface area (Å²) in [5, 5.41) is 12.2. The largest absolute Gasteiger partial charge is 0.507 e. The lowest BCUT2D eigenvalue weighted by molar-refractivity contribution is 0.0942.